The van der Waals surface area contributed by atoms with Crippen molar-refractivity contribution in [2.24, 2.45) is 0 Å². The zero-order chi connectivity index (χ0) is 19.6. The molecule has 8 heteroatoms. The standard InChI is InChI=1S/C19H14N4O4/c1-12-9-13(2)22(21-12)19(24)14(11-20)10-15-7-8-18(27-15)16-5-3-4-6-17(16)23(25)26/h3-10H,1-2H3/b14-10+. The summed E-state index contributed by atoms with van der Waals surface area (Å²) in [5.41, 5.74) is 1.32. The van der Waals surface area contributed by atoms with Crippen molar-refractivity contribution in [2.75, 3.05) is 0 Å². The molecular formula is C19H14N4O4. The third-order valence-corrected chi connectivity index (χ3v) is 3.83. The number of carbonyl (C=O) groups is 1. The largest absolute Gasteiger partial charge is 0.456 e. The van der Waals surface area contributed by atoms with Gasteiger partial charge in [-0.2, -0.15) is 10.4 Å². The Kier molecular flexibility index (Phi) is 4.68. The van der Waals surface area contributed by atoms with E-state index in [0.29, 0.717) is 17.0 Å². The van der Waals surface area contributed by atoms with Crippen molar-refractivity contribution in [3.8, 4) is 17.4 Å². The third kappa shape index (κ3) is 3.52. The lowest BCUT2D eigenvalue weighted by Gasteiger charge is -2.01. The van der Waals surface area contributed by atoms with E-state index in [2.05, 4.69) is 5.10 Å². The average Bonchev–Trinajstić information content (AvgIpc) is 3.25. The first-order valence-electron chi connectivity index (χ1n) is 7.94. The summed E-state index contributed by atoms with van der Waals surface area (Å²) in [5.74, 6) is -0.0780. The third-order valence-electron chi connectivity index (χ3n) is 3.83. The van der Waals surface area contributed by atoms with Gasteiger partial charge < -0.3 is 4.42 Å². The fraction of sp³-hybridized carbons (Fsp3) is 0.105. The van der Waals surface area contributed by atoms with Gasteiger partial charge in [0, 0.05) is 17.8 Å². The summed E-state index contributed by atoms with van der Waals surface area (Å²) in [6.45, 7) is 3.46. The average molecular weight is 362 g/mol. The number of aromatic nitrogens is 2. The highest BCUT2D eigenvalue weighted by Crippen LogP contribution is 2.31. The summed E-state index contributed by atoms with van der Waals surface area (Å²) >= 11 is 0. The summed E-state index contributed by atoms with van der Waals surface area (Å²) in [6.07, 6.45) is 1.29. The predicted molar refractivity (Wildman–Crippen MR) is 96.7 cm³/mol. The molecule has 0 amide bonds. The fourth-order valence-corrected chi connectivity index (χ4v) is 2.65. The van der Waals surface area contributed by atoms with Crippen molar-refractivity contribution in [1.82, 2.24) is 9.78 Å². The van der Waals surface area contributed by atoms with Crippen LogP contribution in [0.5, 0.6) is 0 Å². The highest BCUT2D eigenvalue weighted by atomic mass is 16.6. The first kappa shape index (κ1) is 17.8. The maximum Gasteiger partial charge on any atom is 0.289 e. The van der Waals surface area contributed by atoms with Gasteiger partial charge in [0.2, 0.25) is 0 Å². The lowest BCUT2D eigenvalue weighted by molar-refractivity contribution is -0.384. The molecule has 0 atom stereocenters. The van der Waals surface area contributed by atoms with Crippen LogP contribution in [-0.4, -0.2) is 20.6 Å². The van der Waals surface area contributed by atoms with Gasteiger partial charge in [-0.05, 0) is 38.1 Å². The Morgan fingerprint density at radius 2 is 2.04 bits per heavy atom. The second kappa shape index (κ2) is 7.09. The minimum atomic E-state index is -0.577. The summed E-state index contributed by atoms with van der Waals surface area (Å²) in [7, 11) is 0. The maximum atomic E-state index is 12.5. The van der Waals surface area contributed by atoms with E-state index in [-0.39, 0.29) is 22.8 Å². The number of benzene rings is 1. The summed E-state index contributed by atoms with van der Waals surface area (Å²) in [5, 5.41) is 24.6. The molecule has 3 rings (SSSR count). The molecular weight excluding hydrogens is 348 g/mol. The van der Waals surface area contributed by atoms with E-state index in [1.54, 1.807) is 44.2 Å². The van der Waals surface area contributed by atoms with Gasteiger partial charge in [-0.3, -0.25) is 14.9 Å². The molecule has 2 aromatic heterocycles. The molecule has 1 aromatic carbocycles. The number of nitro benzene ring substituents is 1. The molecule has 0 N–H and O–H groups in total. The van der Waals surface area contributed by atoms with E-state index in [4.69, 9.17) is 4.42 Å². The Bertz CT molecular complexity index is 1110. The second-order valence-corrected chi connectivity index (χ2v) is 5.79. The maximum absolute atomic E-state index is 12.5. The number of aryl methyl sites for hydroxylation is 2. The molecule has 0 aliphatic heterocycles. The van der Waals surface area contributed by atoms with Gasteiger partial charge in [0.15, 0.2) is 0 Å². The molecule has 0 spiro atoms. The number of nitro groups is 1. The fourth-order valence-electron chi connectivity index (χ4n) is 2.65. The van der Waals surface area contributed by atoms with E-state index in [1.807, 2.05) is 6.07 Å². The molecule has 0 radical (unpaired) electrons. The molecule has 0 unspecified atom stereocenters. The number of hydrogen-bond donors (Lipinski definition) is 0. The lowest BCUT2D eigenvalue weighted by atomic mass is 10.1. The lowest BCUT2D eigenvalue weighted by Crippen LogP contribution is -2.15. The van der Waals surface area contributed by atoms with Crippen LogP contribution in [0.25, 0.3) is 17.4 Å². The molecule has 8 nitrogen and oxygen atoms in total. The molecule has 134 valence electrons. The highest BCUT2D eigenvalue weighted by molar-refractivity contribution is 6.02. The molecule has 0 aliphatic rings. The Hall–Kier alpha value is -3.99. The normalized spacial score (nSPS) is 11.2. The van der Waals surface area contributed by atoms with Crippen molar-refractivity contribution in [1.29, 1.82) is 5.26 Å². The second-order valence-electron chi connectivity index (χ2n) is 5.79. The van der Waals surface area contributed by atoms with Gasteiger partial charge in [-0.1, -0.05) is 12.1 Å². The Morgan fingerprint density at radius 1 is 1.30 bits per heavy atom. The monoisotopic (exact) mass is 362 g/mol. The molecule has 3 aromatic rings. The van der Waals surface area contributed by atoms with Gasteiger partial charge in [-0.25, -0.2) is 4.68 Å². The van der Waals surface area contributed by atoms with Crippen LogP contribution in [-0.2, 0) is 0 Å². The molecule has 27 heavy (non-hydrogen) atoms. The van der Waals surface area contributed by atoms with E-state index in [9.17, 15) is 20.2 Å². The van der Waals surface area contributed by atoms with Crippen LogP contribution in [0, 0.1) is 35.3 Å². The zero-order valence-electron chi connectivity index (χ0n) is 14.5. The minimum Gasteiger partial charge on any atom is -0.456 e. The summed E-state index contributed by atoms with van der Waals surface area (Å²) in [4.78, 5) is 23.2. The summed E-state index contributed by atoms with van der Waals surface area (Å²) < 4.78 is 6.75. The van der Waals surface area contributed by atoms with Crippen molar-refractivity contribution in [2.45, 2.75) is 13.8 Å². The van der Waals surface area contributed by atoms with Crippen LogP contribution in [0.4, 0.5) is 5.69 Å². The predicted octanol–water partition coefficient (Wildman–Crippen LogP) is 3.92. The molecule has 0 saturated heterocycles. The van der Waals surface area contributed by atoms with Crippen molar-refractivity contribution in [3.05, 3.63) is 75.3 Å². The first-order valence-corrected chi connectivity index (χ1v) is 7.94. The van der Waals surface area contributed by atoms with Crippen LogP contribution in [0.3, 0.4) is 0 Å². The quantitative estimate of drug-likeness (QED) is 0.301. The van der Waals surface area contributed by atoms with E-state index < -0.39 is 10.8 Å². The summed E-state index contributed by atoms with van der Waals surface area (Å²) in [6, 6.07) is 12.8. The van der Waals surface area contributed by atoms with Crippen molar-refractivity contribution in [3.63, 3.8) is 0 Å². The minimum absolute atomic E-state index is 0.0957. The van der Waals surface area contributed by atoms with Gasteiger partial charge in [0.1, 0.15) is 23.2 Å². The smallest absolute Gasteiger partial charge is 0.289 e. The Labute approximate surface area is 154 Å². The van der Waals surface area contributed by atoms with Crippen LogP contribution < -0.4 is 0 Å². The van der Waals surface area contributed by atoms with Gasteiger partial charge in [0.05, 0.1) is 16.2 Å². The number of allylic oxidation sites excluding steroid dienone is 1. The topological polar surface area (TPSA) is 115 Å². The molecule has 0 bridgehead atoms. The van der Waals surface area contributed by atoms with Gasteiger partial charge in [0.25, 0.3) is 11.6 Å². The highest BCUT2D eigenvalue weighted by Gasteiger charge is 2.19. The van der Waals surface area contributed by atoms with Crippen molar-refractivity contribution >= 4 is 17.7 Å². The number of hydrogen-bond acceptors (Lipinski definition) is 6. The number of furan rings is 1. The zero-order valence-corrected chi connectivity index (χ0v) is 14.5. The van der Waals surface area contributed by atoms with Gasteiger partial charge >= 0.3 is 0 Å². The molecule has 0 aliphatic carbocycles. The molecule has 0 saturated carbocycles. The van der Waals surface area contributed by atoms with Gasteiger partial charge in [-0.15, -0.1) is 0 Å². The Morgan fingerprint density at radius 3 is 2.67 bits per heavy atom. The first-order chi connectivity index (χ1) is 12.9. The van der Waals surface area contributed by atoms with E-state index in [1.165, 1.54) is 18.2 Å². The SMILES string of the molecule is Cc1cc(C)n(C(=O)/C(C#N)=C/c2ccc(-c3ccccc3[N+](=O)[O-])o2)n1. The Balaban J connectivity index is 1.96. The van der Waals surface area contributed by atoms with E-state index >= 15 is 0 Å². The number of carbonyl (C=O) groups excluding carboxylic acids is 1. The van der Waals surface area contributed by atoms with Crippen LogP contribution in [0.1, 0.15) is 21.9 Å². The number of nitrogens with zero attached hydrogens (tertiary/aromatic N) is 4. The number of para-hydroxylation sites is 1. The van der Waals surface area contributed by atoms with Crippen molar-refractivity contribution < 1.29 is 14.1 Å². The molecule has 0 fully saturated rings. The van der Waals surface area contributed by atoms with Crippen LogP contribution in [0.15, 0.2) is 52.5 Å². The van der Waals surface area contributed by atoms with E-state index in [0.717, 1.165) is 4.68 Å². The van der Waals surface area contributed by atoms with Crippen LogP contribution in [0.2, 0.25) is 0 Å². The van der Waals surface area contributed by atoms with Crippen LogP contribution >= 0.6 is 0 Å². The number of rotatable bonds is 4. The molecule has 2 heterocycles. The number of nitriles is 1.